The van der Waals surface area contributed by atoms with Gasteiger partial charge in [-0.2, -0.15) is 0 Å². The molecular formula is C13H17N3OS. The van der Waals surface area contributed by atoms with Gasteiger partial charge in [-0.3, -0.25) is 4.79 Å². The van der Waals surface area contributed by atoms with E-state index in [2.05, 4.69) is 22.2 Å². The lowest BCUT2D eigenvalue weighted by Gasteiger charge is -2.10. The van der Waals surface area contributed by atoms with Crippen molar-refractivity contribution < 1.29 is 0 Å². The summed E-state index contributed by atoms with van der Waals surface area (Å²) < 4.78 is 0.713. The number of H-pyrrole nitrogens is 1. The van der Waals surface area contributed by atoms with E-state index < -0.39 is 0 Å². The molecule has 1 aliphatic rings. The highest BCUT2D eigenvalue weighted by Gasteiger charge is 2.27. The molecule has 1 saturated carbocycles. The molecule has 1 fully saturated rings. The average molecular weight is 263 g/mol. The topological polar surface area (TPSA) is 57.8 Å². The molecule has 96 valence electrons. The first-order valence-corrected chi connectivity index (χ1v) is 7.29. The molecule has 3 rings (SSSR count). The first-order valence-electron chi connectivity index (χ1n) is 6.41. The first-order chi connectivity index (χ1) is 8.74. The van der Waals surface area contributed by atoms with Gasteiger partial charge in [0, 0.05) is 0 Å². The normalized spacial score (nSPS) is 17.2. The highest BCUT2D eigenvalue weighted by molar-refractivity contribution is 7.17. The van der Waals surface area contributed by atoms with E-state index in [1.807, 2.05) is 11.4 Å². The molecule has 2 aromatic rings. The third-order valence-electron chi connectivity index (χ3n) is 3.55. The number of hydrogen-bond donors (Lipinski definition) is 2. The Bertz CT molecular complexity index is 600. The number of fused-ring (bicyclic) bond motifs is 1. The Kier molecular flexibility index (Phi) is 3.18. The van der Waals surface area contributed by atoms with Crippen LogP contribution in [0.15, 0.2) is 16.2 Å². The van der Waals surface area contributed by atoms with Gasteiger partial charge in [-0.25, -0.2) is 4.98 Å². The fraction of sp³-hybridized carbons (Fsp3) is 0.538. The van der Waals surface area contributed by atoms with Crippen LogP contribution in [0, 0.1) is 11.8 Å². The Morgan fingerprint density at radius 2 is 2.44 bits per heavy atom. The van der Waals surface area contributed by atoms with Crippen molar-refractivity contribution in [2.24, 2.45) is 11.8 Å². The molecule has 0 spiro atoms. The summed E-state index contributed by atoms with van der Waals surface area (Å²) in [5.74, 6) is 2.36. The fourth-order valence-electron chi connectivity index (χ4n) is 2.26. The fourth-order valence-corrected chi connectivity index (χ4v) is 2.98. The summed E-state index contributed by atoms with van der Waals surface area (Å²) in [6.45, 7) is 3.91. The third-order valence-corrected chi connectivity index (χ3v) is 4.45. The summed E-state index contributed by atoms with van der Waals surface area (Å²) in [6, 6.07) is 1.89. The van der Waals surface area contributed by atoms with E-state index in [1.165, 1.54) is 24.2 Å². The predicted molar refractivity (Wildman–Crippen MR) is 73.8 cm³/mol. The molecule has 0 radical (unpaired) electrons. The number of nitrogens with one attached hydrogen (secondary N) is 2. The van der Waals surface area contributed by atoms with Crippen molar-refractivity contribution in [2.45, 2.75) is 26.3 Å². The molecule has 4 nitrogen and oxygen atoms in total. The summed E-state index contributed by atoms with van der Waals surface area (Å²) in [6.07, 6.45) is 2.75. The number of rotatable bonds is 5. The zero-order valence-corrected chi connectivity index (χ0v) is 11.2. The second-order valence-electron chi connectivity index (χ2n) is 5.09. The van der Waals surface area contributed by atoms with Crippen molar-refractivity contribution in [1.82, 2.24) is 15.3 Å². The minimum Gasteiger partial charge on any atom is -0.310 e. The number of thiophene rings is 1. The largest absolute Gasteiger partial charge is 0.310 e. The SMILES string of the molecule is CC(CNCc1nc2ccsc2c(=O)[nH]1)C1CC1. The summed E-state index contributed by atoms with van der Waals surface area (Å²) in [4.78, 5) is 19.0. The maximum absolute atomic E-state index is 11.8. The lowest BCUT2D eigenvalue weighted by Crippen LogP contribution is -2.24. The molecule has 5 heteroatoms. The van der Waals surface area contributed by atoms with Crippen molar-refractivity contribution in [3.05, 3.63) is 27.6 Å². The van der Waals surface area contributed by atoms with Crippen molar-refractivity contribution in [3.8, 4) is 0 Å². The van der Waals surface area contributed by atoms with Gasteiger partial charge >= 0.3 is 0 Å². The molecule has 2 heterocycles. The van der Waals surface area contributed by atoms with E-state index in [-0.39, 0.29) is 5.56 Å². The first kappa shape index (κ1) is 11.9. The summed E-state index contributed by atoms with van der Waals surface area (Å²) in [5.41, 5.74) is 0.776. The van der Waals surface area contributed by atoms with Gasteiger partial charge in [0.1, 0.15) is 10.5 Å². The molecular weight excluding hydrogens is 246 g/mol. The minimum atomic E-state index is -0.0259. The Labute approximate surface area is 109 Å². The van der Waals surface area contributed by atoms with Crippen LogP contribution >= 0.6 is 11.3 Å². The molecule has 0 amide bonds. The van der Waals surface area contributed by atoms with Gasteiger partial charge in [0.05, 0.1) is 12.1 Å². The summed E-state index contributed by atoms with van der Waals surface area (Å²) in [7, 11) is 0. The maximum atomic E-state index is 11.8. The zero-order valence-electron chi connectivity index (χ0n) is 10.4. The second kappa shape index (κ2) is 4.82. The Morgan fingerprint density at radius 1 is 1.61 bits per heavy atom. The average Bonchev–Trinajstić information content (AvgIpc) is 3.08. The second-order valence-corrected chi connectivity index (χ2v) is 6.01. The van der Waals surface area contributed by atoms with Crippen LogP contribution in [0.4, 0.5) is 0 Å². The van der Waals surface area contributed by atoms with Gasteiger partial charge in [-0.1, -0.05) is 6.92 Å². The zero-order chi connectivity index (χ0) is 12.5. The lowest BCUT2D eigenvalue weighted by molar-refractivity contribution is 0.458. The number of aromatic amines is 1. The lowest BCUT2D eigenvalue weighted by atomic mass is 10.1. The van der Waals surface area contributed by atoms with E-state index >= 15 is 0 Å². The van der Waals surface area contributed by atoms with Crippen LogP contribution in [-0.2, 0) is 6.54 Å². The number of aromatic nitrogens is 2. The number of hydrogen-bond acceptors (Lipinski definition) is 4. The van der Waals surface area contributed by atoms with E-state index in [0.29, 0.717) is 11.2 Å². The monoisotopic (exact) mass is 263 g/mol. The van der Waals surface area contributed by atoms with Crippen LogP contribution in [0.5, 0.6) is 0 Å². The van der Waals surface area contributed by atoms with Gasteiger partial charge in [-0.05, 0) is 42.7 Å². The smallest absolute Gasteiger partial charge is 0.268 e. The molecule has 0 aromatic carbocycles. The van der Waals surface area contributed by atoms with Gasteiger partial charge in [0.15, 0.2) is 0 Å². The van der Waals surface area contributed by atoms with E-state index in [4.69, 9.17) is 0 Å². The van der Waals surface area contributed by atoms with Crippen LogP contribution in [0.2, 0.25) is 0 Å². The molecule has 1 atom stereocenters. The summed E-state index contributed by atoms with van der Waals surface area (Å²) >= 11 is 1.44. The van der Waals surface area contributed by atoms with Gasteiger partial charge in [0.2, 0.25) is 0 Å². The minimum absolute atomic E-state index is 0.0259. The van der Waals surface area contributed by atoms with Crippen LogP contribution in [0.25, 0.3) is 10.2 Å². The van der Waals surface area contributed by atoms with Gasteiger partial charge < -0.3 is 10.3 Å². The highest BCUT2D eigenvalue weighted by Crippen LogP contribution is 2.36. The Balaban J connectivity index is 1.65. The van der Waals surface area contributed by atoms with Gasteiger partial charge in [-0.15, -0.1) is 11.3 Å². The quantitative estimate of drug-likeness (QED) is 0.868. The molecule has 1 unspecified atom stereocenters. The molecule has 1 aliphatic carbocycles. The van der Waals surface area contributed by atoms with E-state index in [9.17, 15) is 4.79 Å². The van der Waals surface area contributed by atoms with Crippen molar-refractivity contribution in [2.75, 3.05) is 6.54 Å². The standard InChI is InChI=1S/C13H17N3OS/c1-8(9-2-3-9)6-14-7-11-15-10-4-5-18-12(10)13(17)16-11/h4-5,8-9,14H,2-3,6-7H2,1H3,(H,15,16,17). The van der Waals surface area contributed by atoms with Crippen molar-refractivity contribution in [1.29, 1.82) is 0 Å². The molecule has 0 bridgehead atoms. The predicted octanol–water partition coefficient (Wildman–Crippen LogP) is 2.12. The summed E-state index contributed by atoms with van der Waals surface area (Å²) in [5, 5.41) is 5.28. The van der Waals surface area contributed by atoms with Crippen molar-refractivity contribution in [3.63, 3.8) is 0 Å². The molecule has 0 aliphatic heterocycles. The Morgan fingerprint density at radius 3 is 3.22 bits per heavy atom. The third kappa shape index (κ3) is 2.47. The van der Waals surface area contributed by atoms with Crippen LogP contribution < -0.4 is 10.9 Å². The van der Waals surface area contributed by atoms with E-state index in [0.717, 1.165) is 29.7 Å². The molecule has 18 heavy (non-hydrogen) atoms. The van der Waals surface area contributed by atoms with Crippen molar-refractivity contribution >= 4 is 21.6 Å². The Hall–Kier alpha value is -1.20. The highest BCUT2D eigenvalue weighted by atomic mass is 32.1. The van der Waals surface area contributed by atoms with E-state index in [1.54, 1.807) is 0 Å². The van der Waals surface area contributed by atoms with Gasteiger partial charge in [0.25, 0.3) is 5.56 Å². The molecule has 2 N–H and O–H groups in total. The number of nitrogens with zero attached hydrogens (tertiary/aromatic N) is 1. The van der Waals surface area contributed by atoms with Crippen LogP contribution in [-0.4, -0.2) is 16.5 Å². The molecule has 2 aromatic heterocycles. The van der Waals surface area contributed by atoms with Crippen LogP contribution in [0.3, 0.4) is 0 Å². The maximum Gasteiger partial charge on any atom is 0.268 e. The molecule has 0 saturated heterocycles. The van der Waals surface area contributed by atoms with Crippen LogP contribution in [0.1, 0.15) is 25.6 Å².